The number of hydrogen-bond donors (Lipinski definition) is 1. The molecule has 2 aromatic carbocycles. The van der Waals surface area contributed by atoms with E-state index in [2.05, 4.69) is 25.1 Å². The Morgan fingerprint density at radius 3 is 2.50 bits per heavy atom. The van der Waals surface area contributed by atoms with E-state index in [9.17, 15) is 22.4 Å². The first-order valence-corrected chi connectivity index (χ1v) is 11.1. The van der Waals surface area contributed by atoms with Crippen LogP contribution in [-0.2, 0) is 0 Å². The third kappa shape index (κ3) is 5.53. The molecule has 3 heterocycles. The molecule has 8 nitrogen and oxygen atoms in total. The zero-order valence-electron chi connectivity index (χ0n) is 19.5. The summed E-state index contributed by atoms with van der Waals surface area (Å²) in [7, 11) is 0. The van der Waals surface area contributed by atoms with Gasteiger partial charge < -0.3 is 14.8 Å². The minimum absolute atomic E-state index is 0.0193. The van der Waals surface area contributed by atoms with E-state index in [0.717, 1.165) is 18.2 Å². The molecule has 1 amide bonds. The van der Waals surface area contributed by atoms with Crippen molar-refractivity contribution in [2.24, 2.45) is 0 Å². The Morgan fingerprint density at radius 1 is 0.974 bits per heavy atom. The van der Waals surface area contributed by atoms with Crippen LogP contribution in [0.5, 0.6) is 17.4 Å². The summed E-state index contributed by atoms with van der Waals surface area (Å²) in [6.45, 7) is 1.77. The molecule has 192 valence electrons. The van der Waals surface area contributed by atoms with Crippen LogP contribution >= 0.6 is 0 Å². The van der Waals surface area contributed by atoms with Crippen LogP contribution in [0.2, 0.25) is 0 Å². The fourth-order valence-electron chi connectivity index (χ4n) is 3.59. The zero-order chi connectivity index (χ0) is 26.9. The summed E-state index contributed by atoms with van der Waals surface area (Å²) in [5, 5.41) is 6.69. The largest absolute Gasteiger partial charge is 0.573 e. The van der Waals surface area contributed by atoms with Gasteiger partial charge in [0.2, 0.25) is 5.88 Å². The third-order valence-corrected chi connectivity index (χ3v) is 5.24. The third-order valence-electron chi connectivity index (χ3n) is 5.24. The van der Waals surface area contributed by atoms with Crippen LogP contribution in [0, 0.1) is 12.7 Å². The Labute approximate surface area is 212 Å². The van der Waals surface area contributed by atoms with Crippen molar-refractivity contribution in [3.05, 3.63) is 96.1 Å². The van der Waals surface area contributed by atoms with Crippen LogP contribution in [0.15, 0.2) is 79.0 Å². The summed E-state index contributed by atoms with van der Waals surface area (Å²) in [4.78, 5) is 21.4. The molecule has 0 unspecified atom stereocenters. The number of nitrogens with one attached hydrogen (secondary N) is 1. The van der Waals surface area contributed by atoms with Gasteiger partial charge in [-0.1, -0.05) is 6.07 Å². The molecule has 0 saturated heterocycles. The second-order valence-corrected chi connectivity index (χ2v) is 8.02. The molecule has 0 fully saturated rings. The second kappa shape index (κ2) is 9.81. The number of halogens is 4. The number of benzene rings is 2. The maximum Gasteiger partial charge on any atom is 0.573 e. The smallest absolute Gasteiger partial charge is 0.436 e. The van der Waals surface area contributed by atoms with Gasteiger partial charge >= 0.3 is 6.36 Å². The number of nitrogens with zero attached hydrogens (tertiary/aromatic N) is 4. The number of aromatic nitrogens is 4. The van der Waals surface area contributed by atoms with Gasteiger partial charge in [0.15, 0.2) is 17.2 Å². The van der Waals surface area contributed by atoms with Gasteiger partial charge in [0, 0.05) is 29.0 Å². The van der Waals surface area contributed by atoms with E-state index in [0.29, 0.717) is 22.6 Å². The van der Waals surface area contributed by atoms with Crippen molar-refractivity contribution in [3.8, 4) is 28.6 Å². The molecule has 0 spiro atoms. The van der Waals surface area contributed by atoms with Crippen molar-refractivity contribution in [2.45, 2.75) is 13.3 Å². The molecule has 0 aliphatic carbocycles. The van der Waals surface area contributed by atoms with E-state index in [4.69, 9.17) is 4.74 Å². The normalized spacial score (nSPS) is 11.4. The van der Waals surface area contributed by atoms with E-state index in [1.54, 1.807) is 37.4 Å². The first-order valence-electron chi connectivity index (χ1n) is 11.1. The molecule has 0 aliphatic rings. The van der Waals surface area contributed by atoms with Crippen molar-refractivity contribution in [1.82, 2.24) is 19.6 Å². The Morgan fingerprint density at radius 2 is 1.76 bits per heavy atom. The van der Waals surface area contributed by atoms with E-state index in [1.165, 1.54) is 34.8 Å². The average Bonchev–Trinajstić information content (AvgIpc) is 3.33. The first-order chi connectivity index (χ1) is 18.1. The molecule has 5 aromatic rings. The van der Waals surface area contributed by atoms with Gasteiger partial charge in [0.1, 0.15) is 11.6 Å². The van der Waals surface area contributed by atoms with Crippen molar-refractivity contribution in [2.75, 3.05) is 5.32 Å². The number of pyridine rings is 1. The molecule has 12 heteroatoms. The molecule has 0 atom stereocenters. The fraction of sp³-hybridized carbons (Fsp3) is 0.0769. The van der Waals surface area contributed by atoms with Gasteiger partial charge in [-0.25, -0.2) is 14.4 Å². The number of carbonyl (C=O) groups excluding carboxylic acids is 1. The number of aryl methyl sites for hydroxylation is 1. The lowest BCUT2D eigenvalue weighted by Gasteiger charge is -2.11. The lowest BCUT2D eigenvalue weighted by molar-refractivity contribution is -0.274. The quantitative estimate of drug-likeness (QED) is 0.267. The SMILES string of the molecule is Cc1cc(Oc2ccc(C(=O)Nc3cccc(-c4ccc(OC(F)(F)F)cc4)n3)cc2F)n2nccc2n1. The van der Waals surface area contributed by atoms with Crippen LogP contribution in [0.4, 0.5) is 23.4 Å². The van der Waals surface area contributed by atoms with E-state index >= 15 is 0 Å². The van der Waals surface area contributed by atoms with Crippen LogP contribution in [0.1, 0.15) is 16.1 Å². The van der Waals surface area contributed by atoms with Crippen LogP contribution in [0.3, 0.4) is 0 Å². The topological polar surface area (TPSA) is 90.6 Å². The van der Waals surface area contributed by atoms with Crippen molar-refractivity contribution >= 4 is 17.4 Å². The van der Waals surface area contributed by atoms with Crippen molar-refractivity contribution in [3.63, 3.8) is 0 Å². The predicted octanol–water partition coefficient (Wildman–Crippen LogP) is 6.18. The highest BCUT2D eigenvalue weighted by atomic mass is 19.4. The summed E-state index contributed by atoms with van der Waals surface area (Å²) in [6, 6.07) is 16.9. The minimum atomic E-state index is -4.79. The number of hydrogen-bond acceptors (Lipinski definition) is 6. The molecule has 5 rings (SSSR count). The Kier molecular flexibility index (Phi) is 6.37. The standard InChI is InChI=1S/C26H17F4N5O3/c1-15-13-24(35-23(32-15)11-12-31-35)37-21-10-7-17(14-19(21)27)25(36)34-22-4-2-3-20(33-22)16-5-8-18(9-6-16)38-26(28,29)30/h2-14H,1H3,(H,33,34,36). The van der Waals surface area contributed by atoms with Gasteiger partial charge in [-0.2, -0.15) is 9.61 Å². The van der Waals surface area contributed by atoms with Gasteiger partial charge in [0.05, 0.1) is 11.9 Å². The van der Waals surface area contributed by atoms with Gasteiger partial charge in [-0.3, -0.25) is 4.79 Å². The summed E-state index contributed by atoms with van der Waals surface area (Å²) < 4.78 is 62.9. The second-order valence-electron chi connectivity index (χ2n) is 8.02. The molecular weight excluding hydrogens is 506 g/mol. The lowest BCUT2D eigenvalue weighted by Crippen LogP contribution is -2.16. The van der Waals surface area contributed by atoms with Crippen LogP contribution in [-0.4, -0.2) is 31.9 Å². The molecule has 0 aliphatic heterocycles. The fourth-order valence-corrected chi connectivity index (χ4v) is 3.59. The van der Waals surface area contributed by atoms with E-state index in [1.807, 2.05) is 0 Å². The van der Waals surface area contributed by atoms with Crippen LogP contribution < -0.4 is 14.8 Å². The summed E-state index contributed by atoms with van der Waals surface area (Å²) in [5.74, 6) is -1.45. The number of amides is 1. The van der Waals surface area contributed by atoms with Crippen molar-refractivity contribution < 1.29 is 31.8 Å². The number of rotatable bonds is 6. The van der Waals surface area contributed by atoms with Crippen molar-refractivity contribution in [1.29, 1.82) is 0 Å². The number of anilines is 1. The molecule has 1 N–H and O–H groups in total. The highest BCUT2D eigenvalue weighted by molar-refractivity contribution is 6.04. The summed E-state index contributed by atoms with van der Waals surface area (Å²) in [6.07, 6.45) is -3.25. The Balaban J connectivity index is 1.30. The highest BCUT2D eigenvalue weighted by Crippen LogP contribution is 2.28. The zero-order valence-corrected chi connectivity index (χ0v) is 19.5. The molecule has 3 aromatic heterocycles. The molecular formula is C26H17F4N5O3. The number of fused-ring (bicyclic) bond motifs is 1. The average molecular weight is 523 g/mol. The van der Waals surface area contributed by atoms with E-state index in [-0.39, 0.29) is 28.8 Å². The predicted molar refractivity (Wildman–Crippen MR) is 129 cm³/mol. The van der Waals surface area contributed by atoms with Gasteiger partial charge in [0.25, 0.3) is 5.91 Å². The van der Waals surface area contributed by atoms with Crippen LogP contribution in [0.25, 0.3) is 16.9 Å². The monoisotopic (exact) mass is 523 g/mol. The lowest BCUT2D eigenvalue weighted by atomic mass is 10.1. The Hall–Kier alpha value is -5.00. The first kappa shape index (κ1) is 24.7. The number of ether oxygens (including phenoxy) is 2. The molecule has 0 saturated carbocycles. The number of alkyl halides is 3. The molecule has 38 heavy (non-hydrogen) atoms. The summed E-state index contributed by atoms with van der Waals surface area (Å²) in [5.41, 5.74) is 2.11. The molecule has 0 bridgehead atoms. The van der Waals surface area contributed by atoms with Gasteiger partial charge in [-0.05, 0) is 61.5 Å². The number of carbonyl (C=O) groups is 1. The Bertz CT molecular complexity index is 1630. The van der Waals surface area contributed by atoms with E-state index < -0.39 is 18.1 Å². The van der Waals surface area contributed by atoms with Gasteiger partial charge in [-0.15, -0.1) is 13.2 Å². The maximum absolute atomic E-state index is 14.8. The minimum Gasteiger partial charge on any atom is -0.436 e. The summed E-state index contributed by atoms with van der Waals surface area (Å²) >= 11 is 0. The maximum atomic E-state index is 14.8. The molecule has 0 radical (unpaired) electrons. The highest BCUT2D eigenvalue weighted by Gasteiger charge is 2.31.